The van der Waals surface area contributed by atoms with Gasteiger partial charge in [0, 0.05) is 34.5 Å². The molecule has 13 nitrogen and oxygen atoms in total. The van der Waals surface area contributed by atoms with Crippen molar-refractivity contribution in [3.05, 3.63) is 73.8 Å². The number of hydrogen-bond acceptors (Lipinski definition) is 13. The smallest absolute Gasteiger partial charge is 0.374 e. The number of thiophene rings is 1. The lowest BCUT2D eigenvalue weighted by Gasteiger charge is -2.26. The summed E-state index contributed by atoms with van der Waals surface area (Å²) < 4.78 is 40.1. The van der Waals surface area contributed by atoms with Crippen LogP contribution in [0.15, 0.2) is 36.8 Å². The van der Waals surface area contributed by atoms with E-state index in [0.29, 0.717) is 22.9 Å². The van der Waals surface area contributed by atoms with Crippen LogP contribution >= 0.6 is 22.9 Å². The second-order valence-corrected chi connectivity index (χ2v) is 15.4. The molecule has 1 saturated carbocycles. The van der Waals surface area contributed by atoms with Crippen molar-refractivity contribution in [3.63, 3.8) is 0 Å². The van der Waals surface area contributed by atoms with Crippen molar-refractivity contribution in [2.45, 2.75) is 71.1 Å². The zero-order valence-corrected chi connectivity index (χ0v) is 29.4. The number of anilines is 1. The number of ketones is 1. The number of ether oxygens (including phenoxy) is 2. The Morgan fingerprint density at radius 2 is 2.02 bits per heavy atom. The monoisotopic (exact) mass is 719 g/mol. The van der Waals surface area contributed by atoms with Gasteiger partial charge in [-0.25, -0.2) is 15.1 Å². The highest BCUT2D eigenvalue weighted by molar-refractivity contribution is 7.84. The maximum absolute atomic E-state index is 13.9. The predicted octanol–water partition coefficient (Wildman–Crippen LogP) is 3.44. The highest BCUT2D eigenvalue weighted by atomic mass is 35.5. The summed E-state index contributed by atoms with van der Waals surface area (Å²) in [5.74, 6) is -1.33. The molecule has 0 amide bonds. The molecule has 17 heteroatoms. The maximum atomic E-state index is 13.9. The van der Waals surface area contributed by atoms with E-state index in [4.69, 9.17) is 30.4 Å². The van der Waals surface area contributed by atoms with Gasteiger partial charge in [0.25, 0.3) is 0 Å². The van der Waals surface area contributed by atoms with Gasteiger partial charge in [0.05, 0.1) is 23.7 Å². The number of esters is 1. The molecule has 1 aromatic carbocycles. The van der Waals surface area contributed by atoms with Gasteiger partial charge in [-0.15, -0.1) is 11.3 Å². The molecule has 3 aromatic rings. The molecule has 0 radical (unpaired) electrons. The van der Waals surface area contributed by atoms with E-state index in [1.807, 2.05) is 45.0 Å². The van der Waals surface area contributed by atoms with Crippen molar-refractivity contribution in [2.24, 2.45) is 17.0 Å². The standard InChI is InChI=1S/C31H39BClN5O8S2/c1-16(2)27(38-32(4)41)31(40)46-25-11-21(9-19(25)14-45-48(34,42)43)37-30-24(13-35-15-36-30)28(39)26-12-22(17(3)47-26)29-23-10-20(33)6-5-18(23)7-8-44-29/h5-6,10,12-13,15-16,19,21,25,27,29,38,41H,7-9,11,14H2,1-4H3,(H2,34,42,43)(H,35,36,37)/t19-,21-,25+,27+,29+/m1/s1. The molecule has 1 aliphatic heterocycles. The normalized spacial score (nSPS) is 21.5. The molecular weight excluding hydrogens is 681 g/mol. The van der Waals surface area contributed by atoms with Gasteiger partial charge >= 0.3 is 23.3 Å². The lowest BCUT2D eigenvalue weighted by Crippen LogP contribution is -2.49. The molecule has 5 rings (SSSR count). The fourth-order valence-electron chi connectivity index (χ4n) is 6.20. The molecule has 0 bridgehead atoms. The van der Waals surface area contributed by atoms with Gasteiger partial charge in [-0.2, -0.15) is 8.42 Å². The quantitative estimate of drug-likeness (QED) is 0.115. The Balaban J connectivity index is 1.35. The fourth-order valence-corrected chi connectivity index (χ4v) is 7.75. The minimum Gasteiger partial charge on any atom is -0.461 e. The SMILES string of the molecule is CB(O)N[C@H](C(=O)O[C@H]1C[C@H](Nc2ncncc2C(=O)c2cc([C@@H]3OCCc4ccc(Cl)cc43)c(C)s2)C[C@@H]1COS(N)(=O)=O)C(C)C. The molecule has 3 heterocycles. The van der Waals surface area contributed by atoms with E-state index in [2.05, 4.69) is 20.5 Å². The molecule has 1 fully saturated rings. The maximum Gasteiger partial charge on any atom is 0.374 e. The van der Waals surface area contributed by atoms with E-state index >= 15 is 0 Å². The van der Waals surface area contributed by atoms with Crippen LogP contribution in [0, 0.1) is 18.8 Å². The number of nitrogens with two attached hydrogens (primary N) is 1. The van der Waals surface area contributed by atoms with Crippen molar-refractivity contribution < 1.29 is 36.7 Å². The van der Waals surface area contributed by atoms with E-state index in [-0.39, 0.29) is 48.3 Å². The van der Waals surface area contributed by atoms with E-state index in [1.165, 1.54) is 30.7 Å². The minimum atomic E-state index is -4.25. The molecule has 258 valence electrons. The summed E-state index contributed by atoms with van der Waals surface area (Å²) in [6, 6.07) is 6.45. The Labute approximate surface area is 289 Å². The lowest BCUT2D eigenvalue weighted by atomic mass is 9.85. The number of rotatable bonds is 13. The minimum absolute atomic E-state index is 0.199. The summed E-state index contributed by atoms with van der Waals surface area (Å²) in [6.45, 7) is 7.31. The lowest BCUT2D eigenvalue weighted by molar-refractivity contribution is -0.154. The van der Waals surface area contributed by atoms with Gasteiger partial charge in [0.1, 0.15) is 30.4 Å². The number of nitrogens with zero attached hydrogens (tertiary/aromatic N) is 2. The Morgan fingerprint density at radius 1 is 1.25 bits per heavy atom. The highest BCUT2D eigenvalue weighted by Crippen LogP contribution is 2.39. The third kappa shape index (κ3) is 8.79. The molecule has 2 aliphatic rings. The average molecular weight is 720 g/mol. The van der Waals surface area contributed by atoms with Gasteiger partial charge in [0.2, 0.25) is 5.78 Å². The Morgan fingerprint density at radius 3 is 2.73 bits per heavy atom. The second kappa shape index (κ2) is 15.3. The van der Waals surface area contributed by atoms with Gasteiger partial charge in [-0.3, -0.25) is 13.8 Å². The molecule has 0 spiro atoms. The largest absolute Gasteiger partial charge is 0.461 e. The van der Waals surface area contributed by atoms with E-state index < -0.39 is 41.4 Å². The summed E-state index contributed by atoms with van der Waals surface area (Å²) in [7, 11) is -5.20. The average Bonchev–Trinajstić information content (AvgIpc) is 3.59. The van der Waals surface area contributed by atoms with Gasteiger partial charge in [-0.1, -0.05) is 31.5 Å². The number of hydrogen-bond donors (Lipinski definition) is 4. The summed E-state index contributed by atoms with van der Waals surface area (Å²) in [4.78, 5) is 37.0. The number of fused-ring (bicyclic) bond motifs is 1. The van der Waals surface area contributed by atoms with Crippen molar-refractivity contribution in [3.8, 4) is 0 Å². The van der Waals surface area contributed by atoms with E-state index in [9.17, 15) is 23.0 Å². The second-order valence-electron chi connectivity index (χ2n) is 12.5. The Kier molecular flexibility index (Phi) is 11.6. The highest BCUT2D eigenvalue weighted by Gasteiger charge is 2.40. The van der Waals surface area contributed by atoms with Crippen LogP contribution in [-0.4, -0.2) is 73.6 Å². The molecule has 2 aromatic heterocycles. The van der Waals surface area contributed by atoms with Crippen LogP contribution in [0.4, 0.5) is 5.82 Å². The van der Waals surface area contributed by atoms with Crippen molar-refractivity contribution in [2.75, 3.05) is 18.5 Å². The first-order chi connectivity index (χ1) is 22.7. The summed E-state index contributed by atoms with van der Waals surface area (Å²) in [5, 5.41) is 21.6. The topological polar surface area (TPSA) is 192 Å². The van der Waals surface area contributed by atoms with Crippen LogP contribution < -0.4 is 15.7 Å². The first kappa shape index (κ1) is 36.3. The summed E-state index contributed by atoms with van der Waals surface area (Å²) in [6.07, 6.45) is 3.04. The van der Waals surface area contributed by atoms with Gasteiger partial charge in [-0.05, 0) is 67.4 Å². The molecule has 0 saturated heterocycles. The van der Waals surface area contributed by atoms with Crippen LogP contribution in [0.5, 0.6) is 0 Å². The van der Waals surface area contributed by atoms with Crippen LogP contribution in [0.2, 0.25) is 11.8 Å². The van der Waals surface area contributed by atoms with Crippen LogP contribution in [-0.2, 0) is 35.2 Å². The van der Waals surface area contributed by atoms with Crippen molar-refractivity contribution in [1.82, 2.24) is 15.2 Å². The first-order valence-electron chi connectivity index (χ1n) is 15.6. The number of aryl methyl sites for hydroxylation is 1. The number of carbonyl (C=O) groups is 2. The molecular formula is C31H39BClN5O8S2. The number of aromatic nitrogens is 2. The zero-order valence-electron chi connectivity index (χ0n) is 27.0. The molecule has 0 unspecified atom stereocenters. The van der Waals surface area contributed by atoms with Gasteiger partial charge < -0.3 is 25.0 Å². The molecule has 1 aliphatic carbocycles. The third-order valence-electron chi connectivity index (χ3n) is 8.49. The Hall–Kier alpha value is -2.96. The predicted molar refractivity (Wildman–Crippen MR) is 182 cm³/mol. The fraction of sp³-hybridized carbons (Fsp3) is 0.484. The summed E-state index contributed by atoms with van der Waals surface area (Å²) >= 11 is 7.67. The number of nitrogens with one attached hydrogen (secondary N) is 2. The third-order valence-corrected chi connectivity index (χ3v) is 10.3. The van der Waals surface area contributed by atoms with Crippen LogP contribution in [0.1, 0.15) is 69.6 Å². The summed E-state index contributed by atoms with van der Waals surface area (Å²) in [5.41, 5.74) is 3.28. The number of halogens is 1. The molecule has 48 heavy (non-hydrogen) atoms. The molecule has 5 atom stereocenters. The Bertz CT molecular complexity index is 1760. The van der Waals surface area contributed by atoms with Crippen molar-refractivity contribution in [1.29, 1.82) is 0 Å². The van der Waals surface area contributed by atoms with Crippen LogP contribution in [0.25, 0.3) is 0 Å². The number of carbonyl (C=O) groups excluding carboxylic acids is 2. The van der Waals surface area contributed by atoms with E-state index in [1.54, 1.807) is 0 Å². The van der Waals surface area contributed by atoms with E-state index in [0.717, 1.165) is 28.0 Å². The number of benzene rings is 1. The van der Waals surface area contributed by atoms with Gasteiger partial charge in [0.15, 0.2) is 0 Å². The van der Waals surface area contributed by atoms with Crippen molar-refractivity contribution >= 4 is 57.9 Å². The molecule has 5 N–H and O–H groups in total. The van der Waals surface area contributed by atoms with Crippen LogP contribution in [0.3, 0.4) is 0 Å². The first-order valence-corrected chi connectivity index (χ1v) is 18.3. The zero-order chi connectivity index (χ0) is 34.7.